The number of amides is 1. The molecule has 0 aliphatic carbocycles. The maximum absolute atomic E-state index is 12.5. The van der Waals surface area contributed by atoms with Gasteiger partial charge in [-0.3, -0.25) is 9.78 Å². The highest BCUT2D eigenvalue weighted by atomic mass is 16.2. The van der Waals surface area contributed by atoms with Crippen molar-refractivity contribution in [1.29, 1.82) is 0 Å². The Balaban J connectivity index is 1.40. The van der Waals surface area contributed by atoms with Crippen LogP contribution in [0.5, 0.6) is 0 Å². The fraction of sp³-hybridized carbons (Fsp3) is 0.412. The highest BCUT2D eigenvalue weighted by Gasteiger charge is 2.28. The lowest BCUT2D eigenvalue weighted by molar-refractivity contribution is 0.0710. The fourth-order valence-corrected chi connectivity index (χ4v) is 3.34. The van der Waals surface area contributed by atoms with Crippen LogP contribution < -0.4 is 0 Å². The van der Waals surface area contributed by atoms with E-state index in [9.17, 15) is 4.79 Å². The summed E-state index contributed by atoms with van der Waals surface area (Å²) in [6.07, 6.45) is 8.22. The summed E-state index contributed by atoms with van der Waals surface area (Å²) in [6, 6.07) is 3.59. The third-order valence-corrected chi connectivity index (χ3v) is 4.82. The predicted octanol–water partition coefficient (Wildman–Crippen LogP) is 0.870. The van der Waals surface area contributed by atoms with Crippen LogP contribution >= 0.6 is 0 Å². The molecule has 0 radical (unpaired) electrons. The third-order valence-electron chi connectivity index (χ3n) is 4.82. The average molecular weight is 352 g/mol. The summed E-state index contributed by atoms with van der Waals surface area (Å²) in [5.41, 5.74) is 0.639. The standard InChI is InChI=1S/C17H20N8O/c1-23-15(10-25-12-19-11-20-25)21-22-16(23)13-4-7-24(8-5-13)17(26)14-3-2-6-18-9-14/h2-3,6,9,11-13H,4-5,7-8,10H2,1H3. The monoisotopic (exact) mass is 352 g/mol. The molecule has 3 aromatic heterocycles. The molecule has 0 bridgehead atoms. The molecule has 0 atom stereocenters. The summed E-state index contributed by atoms with van der Waals surface area (Å²) >= 11 is 0. The van der Waals surface area contributed by atoms with Crippen molar-refractivity contribution in [2.45, 2.75) is 25.3 Å². The molecule has 0 spiro atoms. The Morgan fingerprint density at radius 3 is 2.77 bits per heavy atom. The van der Waals surface area contributed by atoms with Crippen molar-refractivity contribution in [2.24, 2.45) is 7.05 Å². The molecule has 0 saturated carbocycles. The highest BCUT2D eigenvalue weighted by Crippen LogP contribution is 2.27. The van der Waals surface area contributed by atoms with Gasteiger partial charge in [-0.25, -0.2) is 9.67 Å². The Labute approximate surface area is 150 Å². The first-order valence-corrected chi connectivity index (χ1v) is 8.62. The second-order valence-corrected chi connectivity index (χ2v) is 6.43. The van der Waals surface area contributed by atoms with Gasteiger partial charge in [-0.05, 0) is 25.0 Å². The summed E-state index contributed by atoms with van der Waals surface area (Å²) in [4.78, 5) is 22.4. The van der Waals surface area contributed by atoms with Gasteiger partial charge in [0.15, 0.2) is 5.82 Å². The molecule has 26 heavy (non-hydrogen) atoms. The van der Waals surface area contributed by atoms with E-state index in [2.05, 4.69) is 25.3 Å². The summed E-state index contributed by atoms with van der Waals surface area (Å²) in [7, 11) is 1.98. The summed E-state index contributed by atoms with van der Waals surface area (Å²) in [6.45, 7) is 1.97. The Hall–Kier alpha value is -3.10. The second-order valence-electron chi connectivity index (χ2n) is 6.43. The van der Waals surface area contributed by atoms with Crippen LogP contribution in [-0.2, 0) is 13.6 Å². The number of hydrogen-bond donors (Lipinski definition) is 0. The van der Waals surface area contributed by atoms with Gasteiger partial charge in [-0.2, -0.15) is 5.10 Å². The van der Waals surface area contributed by atoms with Crippen LogP contribution in [0.4, 0.5) is 0 Å². The predicted molar refractivity (Wildman–Crippen MR) is 92.2 cm³/mol. The van der Waals surface area contributed by atoms with Crippen LogP contribution in [0.3, 0.4) is 0 Å². The molecule has 4 rings (SSSR count). The Kier molecular flexibility index (Phi) is 4.42. The van der Waals surface area contributed by atoms with E-state index in [0.29, 0.717) is 31.1 Å². The van der Waals surface area contributed by atoms with Crippen LogP contribution in [0, 0.1) is 0 Å². The second kappa shape index (κ2) is 7.03. The number of hydrogen-bond acceptors (Lipinski definition) is 6. The van der Waals surface area contributed by atoms with Crippen molar-refractivity contribution in [3.8, 4) is 0 Å². The van der Waals surface area contributed by atoms with Crippen LogP contribution in [0.25, 0.3) is 0 Å². The maximum atomic E-state index is 12.5. The van der Waals surface area contributed by atoms with E-state index >= 15 is 0 Å². The number of aromatic nitrogens is 7. The van der Waals surface area contributed by atoms with Crippen molar-refractivity contribution in [3.63, 3.8) is 0 Å². The molecule has 1 fully saturated rings. The van der Waals surface area contributed by atoms with Gasteiger partial charge < -0.3 is 9.47 Å². The molecule has 0 unspecified atom stereocenters. The number of nitrogens with zero attached hydrogens (tertiary/aromatic N) is 8. The number of piperidine rings is 1. The molecule has 0 aromatic carbocycles. The van der Waals surface area contributed by atoms with Gasteiger partial charge in [0.1, 0.15) is 25.0 Å². The minimum absolute atomic E-state index is 0.0430. The van der Waals surface area contributed by atoms with Crippen LogP contribution in [-0.4, -0.2) is 58.4 Å². The zero-order chi connectivity index (χ0) is 17.9. The van der Waals surface area contributed by atoms with Crippen molar-refractivity contribution in [2.75, 3.05) is 13.1 Å². The SMILES string of the molecule is Cn1c(Cn2cncn2)nnc1C1CCN(C(=O)c2cccnc2)CC1. The Morgan fingerprint density at radius 2 is 2.08 bits per heavy atom. The zero-order valence-corrected chi connectivity index (χ0v) is 14.6. The Morgan fingerprint density at radius 1 is 1.23 bits per heavy atom. The van der Waals surface area contributed by atoms with Gasteiger partial charge >= 0.3 is 0 Å². The quantitative estimate of drug-likeness (QED) is 0.691. The van der Waals surface area contributed by atoms with Crippen LogP contribution in [0.15, 0.2) is 37.2 Å². The molecule has 9 heteroatoms. The van der Waals surface area contributed by atoms with E-state index in [0.717, 1.165) is 24.5 Å². The van der Waals surface area contributed by atoms with E-state index in [1.807, 2.05) is 16.5 Å². The smallest absolute Gasteiger partial charge is 0.255 e. The first-order chi connectivity index (χ1) is 12.7. The Bertz CT molecular complexity index is 866. The molecule has 134 valence electrons. The number of rotatable bonds is 4. The maximum Gasteiger partial charge on any atom is 0.255 e. The van der Waals surface area contributed by atoms with E-state index in [1.165, 1.54) is 6.33 Å². The van der Waals surface area contributed by atoms with Gasteiger partial charge in [0.25, 0.3) is 5.91 Å². The van der Waals surface area contributed by atoms with Gasteiger partial charge in [0, 0.05) is 38.4 Å². The molecule has 1 saturated heterocycles. The molecule has 9 nitrogen and oxygen atoms in total. The van der Waals surface area contributed by atoms with Crippen molar-refractivity contribution < 1.29 is 4.79 Å². The van der Waals surface area contributed by atoms with Crippen LogP contribution in [0.2, 0.25) is 0 Å². The third kappa shape index (κ3) is 3.19. The average Bonchev–Trinajstić information content (AvgIpc) is 3.33. The minimum Gasteiger partial charge on any atom is -0.339 e. The number of carbonyl (C=O) groups is 1. The number of likely N-dealkylation sites (tertiary alicyclic amines) is 1. The van der Waals surface area contributed by atoms with Crippen molar-refractivity contribution in [3.05, 3.63) is 54.4 Å². The van der Waals surface area contributed by atoms with Gasteiger partial charge in [-0.1, -0.05) is 0 Å². The van der Waals surface area contributed by atoms with Gasteiger partial charge in [-0.15, -0.1) is 10.2 Å². The van der Waals surface area contributed by atoms with Crippen molar-refractivity contribution >= 4 is 5.91 Å². The van der Waals surface area contributed by atoms with E-state index < -0.39 is 0 Å². The number of pyridine rings is 1. The lowest BCUT2D eigenvalue weighted by atomic mass is 9.95. The molecular weight excluding hydrogens is 332 g/mol. The normalized spacial score (nSPS) is 15.3. The first kappa shape index (κ1) is 16.4. The molecule has 0 N–H and O–H groups in total. The molecule has 4 heterocycles. The number of carbonyl (C=O) groups excluding carboxylic acids is 1. The van der Waals surface area contributed by atoms with Gasteiger partial charge in [0.2, 0.25) is 0 Å². The molecule has 1 amide bonds. The van der Waals surface area contributed by atoms with E-state index in [4.69, 9.17) is 0 Å². The molecule has 3 aromatic rings. The van der Waals surface area contributed by atoms with Crippen LogP contribution in [0.1, 0.15) is 40.8 Å². The topological polar surface area (TPSA) is 94.6 Å². The highest BCUT2D eigenvalue weighted by molar-refractivity contribution is 5.93. The van der Waals surface area contributed by atoms with Crippen molar-refractivity contribution in [1.82, 2.24) is 39.4 Å². The largest absolute Gasteiger partial charge is 0.339 e. The fourth-order valence-electron chi connectivity index (χ4n) is 3.34. The molecular formula is C17H20N8O. The van der Waals surface area contributed by atoms with E-state index in [-0.39, 0.29) is 5.91 Å². The van der Waals surface area contributed by atoms with E-state index in [1.54, 1.807) is 35.5 Å². The molecule has 1 aliphatic heterocycles. The summed E-state index contributed by atoms with van der Waals surface area (Å²) in [5.74, 6) is 2.16. The summed E-state index contributed by atoms with van der Waals surface area (Å²) < 4.78 is 3.76. The lowest BCUT2D eigenvalue weighted by Gasteiger charge is -2.31. The van der Waals surface area contributed by atoms with Gasteiger partial charge in [0.05, 0.1) is 5.56 Å². The minimum atomic E-state index is 0.0430. The lowest BCUT2D eigenvalue weighted by Crippen LogP contribution is -2.38. The first-order valence-electron chi connectivity index (χ1n) is 8.62. The summed E-state index contributed by atoms with van der Waals surface area (Å²) in [5, 5.41) is 12.8. The zero-order valence-electron chi connectivity index (χ0n) is 14.6. The molecule has 1 aliphatic rings.